The van der Waals surface area contributed by atoms with Gasteiger partial charge >= 0.3 is 39.5 Å². The fourth-order valence-corrected chi connectivity index (χ4v) is 10.1. The van der Waals surface area contributed by atoms with Crippen molar-refractivity contribution in [1.82, 2.24) is 0 Å². The van der Waals surface area contributed by atoms with E-state index in [0.717, 1.165) is 121 Å². The van der Waals surface area contributed by atoms with E-state index in [0.29, 0.717) is 25.7 Å². The van der Waals surface area contributed by atoms with Crippen LogP contribution in [0.15, 0.2) is 0 Å². The normalized spacial score (nSPS) is 14.8. The van der Waals surface area contributed by atoms with E-state index in [1.165, 1.54) is 83.5 Å². The van der Waals surface area contributed by atoms with Gasteiger partial charge in [0.1, 0.15) is 19.3 Å². The first-order chi connectivity index (χ1) is 37.1. The maximum atomic E-state index is 12.9. The highest BCUT2D eigenvalue weighted by Crippen LogP contribution is 2.45. The van der Waals surface area contributed by atoms with Crippen LogP contribution in [0.1, 0.15) is 285 Å². The van der Waals surface area contributed by atoms with Gasteiger partial charge in [-0.1, -0.05) is 234 Å². The summed E-state index contributed by atoms with van der Waals surface area (Å²) in [5.41, 5.74) is 0. The van der Waals surface area contributed by atoms with Crippen LogP contribution in [-0.2, 0) is 65.4 Å². The van der Waals surface area contributed by atoms with E-state index < -0.39 is 97.5 Å². The van der Waals surface area contributed by atoms with Crippen LogP contribution in [0.2, 0.25) is 0 Å². The number of aliphatic hydroxyl groups is 1. The van der Waals surface area contributed by atoms with Crippen molar-refractivity contribution >= 4 is 39.5 Å². The highest BCUT2D eigenvalue weighted by Gasteiger charge is 2.30. The molecule has 0 heterocycles. The van der Waals surface area contributed by atoms with Gasteiger partial charge < -0.3 is 33.8 Å². The van der Waals surface area contributed by atoms with Crippen molar-refractivity contribution in [2.75, 3.05) is 39.6 Å². The van der Waals surface area contributed by atoms with Gasteiger partial charge in [-0.25, -0.2) is 9.13 Å². The van der Waals surface area contributed by atoms with E-state index >= 15 is 0 Å². The Hall–Kier alpha value is -1.94. The number of esters is 4. The van der Waals surface area contributed by atoms with Crippen LogP contribution < -0.4 is 0 Å². The van der Waals surface area contributed by atoms with Gasteiger partial charge in [-0.05, 0) is 31.6 Å². The van der Waals surface area contributed by atoms with E-state index in [9.17, 15) is 43.2 Å². The Morgan fingerprint density at radius 1 is 0.364 bits per heavy atom. The van der Waals surface area contributed by atoms with Crippen LogP contribution in [-0.4, -0.2) is 96.7 Å². The number of aliphatic hydroxyl groups excluding tert-OH is 1. The van der Waals surface area contributed by atoms with Crippen molar-refractivity contribution in [3.8, 4) is 0 Å². The second kappa shape index (κ2) is 52.2. The number of unbranched alkanes of at least 4 members (excludes halogenated alkanes) is 29. The molecule has 0 rings (SSSR count). The predicted octanol–water partition coefficient (Wildman–Crippen LogP) is 15.5. The van der Waals surface area contributed by atoms with Crippen LogP contribution in [0.4, 0.5) is 0 Å². The SMILES string of the molecule is CCCCCCCCCCCC(=O)OC[C@H](COP(=O)(O)OC[C@@H](O)COP(=O)(O)OC[C@@H](COC(=O)CCCCCCCCC)OC(=O)CCCCCCCCC)OC(=O)CCCCCCCCCCCCC(C)CC. The van der Waals surface area contributed by atoms with E-state index in [1.54, 1.807) is 0 Å². The van der Waals surface area contributed by atoms with Crippen molar-refractivity contribution in [3.63, 3.8) is 0 Å². The summed E-state index contributed by atoms with van der Waals surface area (Å²) in [4.78, 5) is 71.6. The monoisotopic (exact) mass is 1140 g/mol. The highest BCUT2D eigenvalue weighted by molar-refractivity contribution is 7.47. The summed E-state index contributed by atoms with van der Waals surface area (Å²) >= 11 is 0. The van der Waals surface area contributed by atoms with Crippen molar-refractivity contribution in [1.29, 1.82) is 0 Å². The van der Waals surface area contributed by atoms with Gasteiger partial charge in [0.2, 0.25) is 0 Å². The lowest BCUT2D eigenvalue weighted by atomic mass is 9.99. The lowest BCUT2D eigenvalue weighted by molar-refractivity contribution is -0.161. The molecule has 19 heteroatoms. The Bertz CT molecular complexity index is 1520. The predicted molar refractivity (Wildman–Crippen MR) is 303 cm³/mol. The van der Waals surface area contributed by atoms with Gasteiger partial charge in [-0.3, -0.25) is 37.3 Å². The Morgan fingerprint density at radius 3 is 0.922 bits per heavy atom. The first-order valence-electron chi connectivity index (χ1n) is 30.7. The summed E-state index contributed by atoms with van der Waals surface area (Å²) in [6, 6.07) is 0. The van der Waals surface area contributed by atoms with Crippen LogP contribution in [0, 0.1) is 5.92 Å². The average molecular weight is 1140 g/mol. The van der Waals surface area contributed by atoms with Gasteiger partial charge in [0, 0.05) is 25.7 Å². The van der Waals surface area contributed by atoms with Crippen molar-refractivity contribution in [2.24, 2.45) is 5.92 Å². The van der Waals surface area contributed by atoms with Crippen molar-refractivity contribution < 1.29 is 80.2 Å². The van der Waals surface area contributed by atoms with E-state index in [1.807, 2.05) is 0 Å². The van der Waals surface area contributed by atoms with Gasteiger partial charge in [0.25, 0.3) is 0 Å². The first-order valence-corrected chi connectivity index (χ1v) is 33.7. The molecule has 0 spiro atoms. The number of phosphoric ester groups is 2. The second-order valence-corrected chi connectivity index (χ2v) is 24.2. The fourth-order valence-electron chi connectivity index (χ4n) is 8.49. The molecule has 0 aromatic carbocycles. The number of phosphoric acid groups is 2. The summed E-state index contributed by atoms with van der Waals surface area (Å²) in [6.45, 7) is 7.07. The minimum Gasteiger partial charge on any atom is -0.462 e. The van der Waals surface area contributed by atoms with Gasteiger partial charge in [-0.2, -0.15) is 0 Å². The molecule has 0 aliphatic heterocycles. The number of rotatable bonds is 58. The summed E-state index contributed by atoms with van der Waals surface area (Å²) in [5, 5.41) is 10.5. The zero-order valence-electron chi connectivity index (χ0n) is 49.1. The Morgan fingerprint density at radius 2 is 0.623 bits per heavy atom. The lowest BCUT2D eigenvalue weighted by Gasteiger charge is -2.21. The number of carbonyl (C=O) groups is 4. The summed E-state index contributed by atoms with van der Waals surface area (Å²) in [7, 11) is -9.86. The molecule has 3 N–H and O–H groups in total. The molecule has 456 valence electrons. The molecule has 0 aromatic rings. The molecule has 6 atom stereocenters. The molecule has 3 unspecified atom stereocenters. The maximum absolute atomic E-state index is 12.9. The molecule has 17 nitrogen and oxygen atoms in total. The highest BCUT2D eigenvalue weighted by atomic mass is 31.2. The molecule has 0 fully saturated rings. The second-order valence-electron chi connectivity index (χ2n) is 21.3. The molecule has 0 radical (unpaired) electrons. The fraction of sp³-hybridized carbons (Fsp3) is 0.931. The molecule has 0 bridgehead atoms. The van der Waals surface area contributed by atoms with Crippen LogP contribution in [0.3, 0.4) is 0 Å². The molecular weight excluding hydrogens is 1030 g/mol. The number of carbonyl (C=O) groups excluding carboxylic acids is 4. The van der Waals surface area contributed by atoms with Gasteiger partial charge in [-0.15, -0.1) is 0 Å². The molecular formula is C58H112O17P2. The van der Waals surface area contributed by atoms with E-state index in [2.05, 4.69) is 34.6 Å². The molecule has 0 saturated heterocycles. The summed E-state index contributed by atoms with van der Waals surface area (Å²) in [6.07, 6.45) is 33.6. The lowest BCUT2D eigenvalue weighted by Crippen LogP contribution is -2.30. The quantitative estimate of drug-likeness (QED) is 0.0222. The third kappa shape index (κ3) is 51.9. The van der Waals surface area contributed by atoms with Gasteiger partial charge in [0.05, 0.1) is 26.4 Å². The Labute approximate surface area is 467 Å². The summed E-state index contributed by atoms with van der Waals surface area (Å²) in [5.74, 6) is -1.35. The molecule has 0 amide bonds. The topological polar surface area (TPSA) is 237 Å². The molecule has 0 aliphatic carbocycles. The smallest absolute Gasteiger partial charge is 0.462 e. The van der Waals surface area contributed by atoms with E-state index in [4.69, 9.17) is 37.0 Å². The maximum Gasteiger partial charge on any atom is 0.472 e. The third-order valence-corrected chi connectivity index (χ3v) is 15.5. The first kappa shape index (κ1) is 75.1. The standard InChI is InChI=1S/C58H112O17P2/c1-6-10-13-16-19-22-28-32-37-42-56(61)69-48-54(75-58(63)44-39-34-29-24-21-20-23-27-30-35-40-51(5)9-4)50-73-77(66,67)71-46-52(59)45-70-76(64,65)72-49-53(74-57(62)43-38-33-26-18-15-12-8-3)47-68-55(60)41-36-31-25-17-14-11-7-2/h51-54,59H,6-50H2,1-5H3,(H,64,65)(H,66,67)/t51?,52-,53+,54+/m0/s1. The van der Waals surface area contributed by atoms with Crippen molar-refractivity contribution in [3.05, 3.63) is 0 Å². The van der Waals surface area contributed by atoms with Crippen LogP contribution in [0.25, 0.3) is 0 Å². The molecule has 0 aliphatic rings. The van der Waals surface area contributed by atoms with E-state index in [-0.39, 0.29) is 25.7 Å². The largest absolute Gasteiger partial charge is 0.472 e. The molecule has 0 aromatic heterocycles. The summed E-state index contributed by atoms with van der Waals surface area (Å²) < 4.78 is 67.5. The third-order valence-electron chi connectivity index (χ3n) is 13.6. The number of ether oxygens (including phenoxy) is 4. The van der Waals surface area contributed by atoms with Gasteiger partial charge in [0.15, 0.2) is 12.2 Å². The minimum absolute atomic E-state index is 0.103. The number of hydrogen-bond acceptors (Lipinski definition) is 15. The Kier molecular flexibility index (Phi) is 50.8. The van der Waals surface area contributed by atoms with Crippen molar-refractivity contribution in [2.45, 2.75) is 303 Å². The zero-order valence-corrected chi connectivity index (χ0v) is 50.9. The van der Waals surface area contributed by atoms with Crippen LogP contribution in [0.5, 0.6) is 0 Å². The van der Waals surface area contributed by atoms with Crippen LogP contribution >= 0.6 is 15.6 Å². The molecule has 77 heavy (non-hydrogen) atoms. The zero-order chi connectivity index (χ0) is 57.1. The number of hydrogen-bond donors (Lipinski definition) is 3. The average Bonchev–Trinajstić information content (AvgIpc) is 3.40. The minimum atomic E-state index is -4.94. The molecule has 0 saturated carbocycles. The Balaban J connectivity index is 5.18.